The van der Waals surface area contributed by atoms with Crippen LogP contribution in [0.25, 0.3) is 0 Å². The third-order valence-corrected chi connectivity index (χ3v) is 4.81. The number of benzene rings is 3. The highest BCUT2D eigenvalue weighted by Crippen LogP contribution is 2.23. The minimum Gasteiger partial charge on any atom is -0.489 e. The first-order valence-corrected chi connectivity index (χ1v) is 9.31. The van der Waals surface area contributed by atoms with Crippen molar-refractivity contribution in [1.82, 2.24) is 5.32 Å². The van der Waals surface area contributed by atoms with Crippen molar-refractivity contribution in [2.75, 3.05) is 0 Å². The molecule has 0 aromatic heterocycles. The second kappa shape index (κ2) is 9.09. The standard InChI is InChI=1S/C22H21Cl2NO/c1-16(18-7-3-2-4-8-18)25-14-17-6-5-9-21(12-17)26-15-19-10-11-20(23)13-22(19)24/h2-13,16,25H,14-15H2,1H3/t16-/m1/s1. The van der Waals surface area contributed by atoms with Crippen molar-refractivity contribution in [2.45, 2.75) is 26.1 Å². The Morgan fingerprint density at radius 2 is 1.73 bits per heavy atom. The zero-order valence-electron chi connectivity index (χ0n) is 14.6. The maximum atomic E-state index is 6.20. The lowest BCUT2D eigenvalue weighted by Crippen LogP contribution is -2.17. The molecule has 0 radical (unpaired) electrons. The molecule has 0 amide bonds. The lowest BCUT2D eigenvalue weighted by Gasteiger charge is -2.15. The summed E-state index contributed by atoms with van der Waals surface area (Å²) in [6.45, 7) is 3.35. The van der Waals surface area contributed by atoms with Crippen LogP contribution in [0.4, 0.5) is 0 Å². The molecule has 0 fully saturated rings. The van der Waals surface area contributed by atoms with Gasteiger partial charge in [0.15, 0.2) is 0 Å². The Morgan fingerprint density at radius 1 is 0.923 bits per heavy atom. The zero-order chi connectivity index (χ0) is 18.4. The van der Waals surface area contributed by atoms with Gasteiger partial charge in [-0.05, 0) is 42.3 Å². The fourth-order valence-corrected chi connectivity index (χ4v) is 3.14. The largest absolute Gasteiger partial charge is 0.489 e. The highest BCUT2D eigenvalue weighted by Gasteiger charge is 2.06. The van der Waals surface area contributed by atoms with Crippen molar-refractivity contribution < 1.29 is 4.74 Å². The Morgan fingerprint density at radius 3 is 2.50 bits per heavy atom. The maximum Gasteiger partial charge on any atom is 0.120 e. The van der Waals surface area contributed by atoms with E-state index in [4.69, 9.17) is 27.9 Å². The van der Waals surface area contributed by atoms with Crippen LogP contribution in [-0.4, -0.2) is 0 Å². The summed E-state index contributed by atoms with van der Waals surface area (Å²) >= 11 is 12.1. The molecule has 1 N–H and O–H groups in total. The molecule has 26 heavy (non-hydrogen) atoms. The topological polar surface area (TPSA) is 21.3 Å². The van der Waals surface area contributed by atoms with Gasteiger partial charge in [-0.15, -0.1) is 0 Å². The lowest BCUT2D eigenvalue weighted by molar-refractivity contribution is 0.306. The fraction of sp³-hybridized carbons (Fsp3) is 0.182. The molecule has 0 saturated carbocycles. The van der Waals surface area contributed by atoms with Crippen molar-refractivity contribution in [2.24, 2.45) is 0 Å². The summed E-state index contributed by atoms with van der Waals surface area (Å²) in [5, 5.41) is 4.78. The van der Waals surface area contributed by atoms with E-state index in [2.05, 4.69) is 48.6 Å². The molecule has 0 spiro atoms. The van der Waals surface area contributed by atoms with Gasteiger partial charge in [-0.25, -0.2) is 0 Å². The summed E-state index contributed by atoms with van der Waals surface area (Å²) in [7, 11) is 0. The summed E-state index contributed by atoms with van der Waals surface area (Å²) in [6, 6.07) is 24.2. The first-order chi connectivity index (χ1) is 12.6. The number of hydrogen-bond donors (Lipinski definition) is 1. The molecule has 3 rings (SSSR count). The van der Waals surface area contributed by atoms with Crippen LogP contribution in [0.3, 0.4) is 0 Å². The Kier molecular flexibility index (Phi) is 6.56. The van der Waals surface area contributed by atoms with Gasteiger partial charge in [0.25, 0.3) is 0 Å². The monoisotopic (exact) mass is 385 g/mol. The van der Waals surface area contributed by atoms with Crippen LogP contribution in [0.2, 0.25) is 10.0 Å². The van der Waals surface area contributed by atoms with Crippen molar-refractivity contribution in [3.05, 3.63) is 99.5 Å². The van der Waals surface area contributed by atoms with Crippen molar-refractivity contribution in [3.63, 3.8) is 0 Å². The smallest absolute Gasteiger partial charge is 0.120 e. The number of nitrogens with one attached hydrogen (secondary N) is 1. The molecule has 0 heterocycles. The van der Waals surface area contributed by atoms with Crippen LogP contribution >= 0.6 is 23.2 Å². The van der Waals surface area contributed by atoms with E-state index in [1.54, 1.807) is 6.07 Å². The van der Waals surface area contributed by atoms with E-state index in [0.717, 1.165) is 17.9 Å². The molecule has 0 aliphatic rings. The summed E-state index contributed by atoms with van der Waals surface area (Å²) in [5.41, 5.74) is 3.36. The van der Waals surface area contributed by atoms with E-state index in [9.17, 15) is 0 Å². The highest BCUT2D eigenvalue weighted by atomic mass is 35.5. The fourth-order valence-electron chi connectivity index (χ4n) is 2.68. The molecule has 0 aliphatic heterocycles. The quantitative estimate of drug-likeness (QED) is 0.506. The first kappa shape index (κ1) is 18.8. The highest BCUT2D eigenvalue weighted by molar-refractivity contribution is 6.35. The van der Waals surface area contributed by atoms with Crippen LogP contribution in [0, 0.1) is 0 Å². The molecule has 2 nitrogen and oxygen atoms in total. The number of hydrogen-bond acceptors (Lipinski definition) is 2. The Labute approximate surface area is 164 Å². The molecule has 0 saturated heterocycles. The Hall–Kier alpha value is -2.00. The third-order valence-electron chi connectivity index (χ3n) is 4.22. The first-order valence-electron chi connectivity index (χ1n) is 8.56. The van der Waals surface area contributed by atoms with Crippen molar-refractivity contribution in [1.29, 1.82) is 0 Å². The minimum atomic E-state index is 0.286. The van der Waals surface area contributed by atoms with E-state index < -0.39 is 0 Å². The molecular weight excluding hydrogens is 365 g/mol. The number of halogens is 2. The lowest BCUT2D eigenvalue weighted by atomic mass is 10.1. The second-order valence-electron chi connectivity index (χ2n) is 6.19. The average Bonchev–Trinajstić information content (AvgIpc) is 2.66. The molecule has 0 unspecified atom stereocenters. The molecular formula is C22H21Cl2NO. The van der Waals surface area contributed by atoms with Gasteiger partial charge in [-0.3, -0.25) is 0 Å². The second-order valence-corrected chi connectivity index (χ2v) is 7.03. The van der Waals surface area contributed by atoms with Crippen molar-refractivity contribution >= 4 is 23.2 Å². The van der Waals surface area contributed by atoms with Crippen LogP contribution in [-0.2, 0) is 13.2 Å². The van der Waals surface area contributed by atoms with E-state index in [-0.39, 0.29) is 6.04 Å². The number of ether oxygens (including phenoxy) is 1. The van der Waals surface area contributed by atoms with E-state index >= 15 is 0 Å². The Bertz CT molecular complexity index is 852. The van der Waals surface area contributed by atoms with Crippen LogP contribution < -0.4 is 10.1 Å². The van der Waals surface area contributed by atoms with Gasteiger partial charge in [0, 0.05) is 28.2 Å². The maximum absolute atomic E-state index is 6.20. The molecule has 134 valence electrons. The number of rotatable bonds is 7. The Balaban J connectivity index is 1.57. The van der Waals surface area contributed by atoms with E-state index in [0.29, 0.717) is 16.7 Å². The summed E-state index contributed by atoms with van der Waals surface area (Å²) in [5.74, 6) is 0.822. The SMILES string of the molecule is C[C@@H](NCc1cccc(OCc2ccc(Cl)cc2Cl)c1)c1ccccc1. The summed E-state index contributed by atoms with van der Waals surface area (Å²) in [6.07, 6.45) is 0. The van der Waals surface area contributed by atoms with E-state index in [1.807, 2.05) is 30.3 Å². The van der Waals surface area contributed by atoms with Gasteiger partial charge < -0.3 is 10.1 Å². The summed E-state index contributed by atoms with van der Waals surface area (Å²) in [4.78, 5) is 0. The summed E-state index contributed by atoms with van der Waals surface area (Å²) < 4.78 is 5.89. The van der Waals surface area contributed by atoms with Crippen LogP contribution in [0.15, 0.2) is 72.8 Å². The average molecular weight is 386 g/mol. The van der Waals surface area contributed by atoms with Crippen molar-refractivity contribution in [3.8, 4) is 5.75 Å². The molecule has 0 bridgehead atoms. The van der Waals surface area contributed by atoms with Gasteiger partial charge in [0.1, 0.15) is 12.4 Å². The zero-order valence-corrected chi connectivity index (χ0v) is 16.1. The molecule has 3 aromatic carbocycles. The molecule has 3 aromatic rings. The van der Waals surface area contributed by atoms with Gasteiger partial charge in [-0.2, -0.15) is 0 Å². The predicted molar refractivity (Wildman–Crippen MR) is 109 cm³/mol. The van der Waals surface area contributed by atoms with Gasteiger partial charge in [0.05, 0.1) is 0 Å². The minimum absolute atomic E-state index is 0.286. The van der Waals surface area contributed by atoms with Gasteiger partial charge in [-0.1, -0.05) is 71.7 Å². The van der Waals surface area contributed by atoms with Gasteiger partial charge >= 0.3 is 0 Å². The molecule has 1 atom stereocenters. The normalized spacial score (nSPS) is 12.0. The third kappa shape index (κ3) is 5.25. The molecule has 0 aliphatic carbocycles. The van der Waals surface area contributed by atoms with Crippen LogP contribution in [0.5, 0.6) is 5.75 Å². The van der Waals surface area contributed by atoms with E-state index in [1.165, 1.54) is 11.1 Å². The predicted octanol–water partition coefficient (Wildman–Crippen LogP) is 6.42. The molecule has 4 heteroatoms. The van der Waals surface area contributed by atoms with Crippen LogP contribution in [0.1, 0.15) is 29.7 Å². The van der Waals surface area contributed by atoms with Gasteiger partial charge in [0.2, 0.25) is 0 Å².